The highest BCUT2D eigenvalue weighted by molar-refractivity contribution is 5.95. The minimum Gasteiger partial charge on any atom is -0.484 e. The summed E-state index contributed by atoms with van der Waals surface area (Å²) in [5, 5.41) is 3.11. The summed E-state index contributed by atoms with van der Waals surface area (Å²) in [4.78, 5) is 29.9. The molecule has 1 saturated heterocycles. The molecule has 1 heterocycles. The molecule has 0 spiro atoms. The molecular formula is C25H31N3O3. The molecule has 6 nitrogen and oxygen atoms in total. The molecule has 31 heavy (non-hydrogen) atoms. The standard InChI is InChI=1S/C25H31N3O3/c29-23(19-31-22-13-5-2-6-14-22)27-15-17-28(18-16-27)24(20-9-7-8-10-20)25(30)26-21-11-3-1-4-12-21/h1-6,11-14,20,24H,7-10,15-19H2,(H,26,30)/t24-/m1/s1. The number of carbonyl (C=O) groups is 2. The number of para-hydroxylation sites is 2. The van der Waals surface area contributed by atoms with Gasteiger partial charge in [-0.25, -0.2) is 0 Å². The number of ether oxygens (including phenoxy) is 1. The number of piperazine rings is 1. The summed E-state index contributed by atoms with van der Waals surface area (Å²) in [6, 6.07) is 18.9. The van der Waals surface area contributed by atoms with Gasteiger partial charge in [-0.2, -0.15) is 0 Å². The van der Waals surface area contributed by atoms with Crippen molar-refractivity contribution in [2.24, 2.45) is 5.92 Å². The van der Waals surface area contributed by atoms with Crippen molar-refractivity contribution in [3.8, 4) is 5.75 Å². The molecule has 1 saturated carbocycles. The number of nitrogens with zero attached hydrogens (tertiary/aromatic N) is 2. The first-order valence-corrected chi connectivity index (χ1v) is 11.3. The summed E-state index contributed by atoms with van der Waals surface area (Å²) in [5.74, 6) is 1.15. The van der Waals surface area contributed by atoms with Crippen molar-refractivity contribution >= 4 is 17.5 Å². The van der Waals surface area contributed by atoms with Gasteiger partial charge >= 0.3 is 0 Å². The van der Waals surface area contributed by atoms with E-state index in [1.54, 1.807) is 0 Å². The van der Waals surface area contributed by atoms with E-state index in [0.717, 1.165) is 18.5 Å². The number of hydrogen-bond donors (Lipinski definition) is 1. The summed E-state index contributed by atoms with van der Waals surface area (Å²) in [6.45, 7) is 2.71. The Morgan fingerprint density at radius 1 is 0.903 bits per heavy atom. The lowest BCUT2D eigenvalue weighted by Gasteiger charge is -2.40. The van der Waals surface area contributed by atoms with E-state index in [1.807, 2.05) is 65.6 Å². The van der Waals surface area contributed by atoms with Crippen LogP contribution in [0.5, 0.6) is 5.75 Å². The first kappa shape index (κ1) is 21.4. The second-order valence-corrected chi connectivity index (χ2v) is 8.36. The predicted molar refractivity (Wildman–Crippen MR) is 121 cm³/mol. The molecule has 2 aliphatic rings. The third-order valence-electron chi connectivity index (χ3n) is 6.32. The van der Waals surface area contributed by atoms with Crippen molar-refractivity contribution in [3.05, 3.63) is 60.7 Å². The zero-order chi connectivity index (χ0) is 21.5. The van der Waals surface area contributed by atoms with Crippen LogP contribution in [0.25, 0.3) is 0 Å². The van der Waals surface area contributed by atoms with E-state index in [1.165, 1.54) is 12.8 Å². The molecule has 4 rings (SSSR count). The molecule has 1 atom stereocenters. The normalized spacial score (nSPS) is 18.5. The molecule has 1 aliphatic carbocycles. The molecule has 0 radical (unpaired) electrons. The van der Waals surface area contributed by atoms with Gasteiger partial charge in [-0.1, -0.05) is 49.2 Å². The summed E-state index contributed by atoms with van der Waals surface area (Å²) in [7, 11) is 0. The summed E-state index contributed by atoms with van der Waals surface area (Å²) in [5.41, 5.74) is 0.836. The number of amides is 2. The topological polar surface area (TPSA) is 61.9 Å². The minimum absolute atomic E-state index is 0.00495. The van der Waals surface area contributed by atoms with Crippen LogP contribution in [-0.2, 0) is 9.59 Å². The Morgan fingerprint density at radius 3 is 2.16 bits per heavy atom. The van der Waals surface area contributed by atoms with Gasteiger partial charge in [-0.3, -0.25) is 14.5 Å². The van der Waals surface area contributed by atoms with Crippen LogP contribution < -0.4 is 10.1 Å². The highest BCUT2D eigenvalue weighted by Gasteiger charge is 2.37. The number of carbonyl (C=O) groups excluding carboxylic acids is 2. The highest BCUT2D eigenvalue weighted by atomic mass is 16.5. The molecule has 2 fully saturated rings. The van der Waals surface area contributed by atoms with Gasteiger partial charge in [0.25, 0.3) is 5.91 Å². The van der Waals surface area contributed by atoms with Crippen molar-refractivity contribution in [2.45, 2.75) is 31.7 Å². The van der Waals surface area contributed by atoms with Crippen molar-refractivity contribution < 1.29 is 14.3 Å². The summed E-state index contributed by atoms with van der Waals surface area (Å²) in [6.07, 6.45) is 4.57. The molecule has 1 aliphatic heterocycles. The monoisotopic (exact) mass is 421 g/mol. The fourth-order valence-corrected chi connectivity index (χ4v) is 4.69. The Balaban J connectivity index is 1.33. The van der Waals surface area contributed by atoms with Crippen molar-refractivity contribution in [3.63, 3.8) is 0 Å². The van der Waals surface area contributed by atoms with Gasteiger partial charge < -0.3 is 15.0 Å². The third kappa shape index (κ3) is 5.64. The molecule has 2 aromatic rings. The van der Waals surface area contributed by atoms with E-state index in [9.17, 15) is 9.59 Å². The molecule has 2 aromatic carbocycles. The van der Waals surface area contributed by atoms with Crippen LogP contribution in [0.15, 0.2) is 60.7 Å². The largest absolute Gasteiger partial charge is 0.484 e. The SMILES string of the molecule is O=C(Nc1ccccc1)[C@@H](C1CCCC1)N1CCN(C(=O)COc2ccccc2)CC1. The predicted octanol–water partition coefficient (Wildman–Crippen LogP) is 3.41. The zero-order valence-corrected chi connectivity index (χ0v) is 17.9. The van der Waals surface area contributed by atoms with E-state index in [4.69, 9.17) is 4.74 Å². The summed E-state index contributed by atoms with van der Waals surface area (Å²) < 4.78 is 5.61. The number of nitrogens with one attached hydrogen (secondary N) is 1. The molecular weight excluding hydrogens is 390 g/mol. The van der Waals surface area contributed by atoms with Crippen LogP contribution in [0.3, 0.4) is 0 Å². The van der Waals surface area contributed by atoms with Gasteiger partial charge in [0.05, 0.1) is 6.04 Å². The summed E-state index contributed by atoms with van der Waals surface area (Å²) >= 11 is 0. The lowest BCUT2D eigenvalue weighted by Crippen LogP contribution is -2.57. The number of benzene rings is 2. The third-order valence-corrected chi connectivity index (χ3v) is 6.32. The van der Waals surface area contributed by atoms with Gasteiger partial charge in [0, 0.05) is 31.9 Å². The average Bonchev–Trinajstić information content (AvgIpc) is 3.34. The maximum atomic E-state index is 13.2. The first-order valence-electron chi connectivity index (χ1n) is 11.3. The lowest BCUT2D eigenvalue weighted by molar-refractivity contribution is -0.136. The van der Waals surface area contributed by atoms with Crippen molar-refractivity contribution in [2.75, 3.05) is 38.1 Å². The Labute approximate surface area is 184 Å². The van der Waals surface area contributed by atoms with Gasteiger partial charge in [0.1, 0.15) is 5.75 Å². The van der Waals surface area contributed by atoms with Crippen LogP contribution in [0.2, 0.25) is 0 Å². The fraction of sp³-hybridized carbons (Fsp3) is 0.440. The quantitative estimate of drug-likeness (QED) is 0.744. The van der Waals surface area contributed by atoms with Crippen molar-refractivity contribution in [1.82, 2.24) is 9.80 Å². The Morgan fingerprint density at radius 2 is 1.52 bits per heavy atom. The Bertz CT molecular complexity index is 845. The van der Waals surface area contributed by atoms with E-state index < -0.39 is 0 Å². The van der Waals surface area contributed by atoms with Crippen molar-refractivity contribution in [1.29, 1.82) is 0 Å². The minimum atomic E-state index is -0.138. The second kappa shape index (κ2) is 10.4. The van der Waals surface area contributed by atoms with Gasteiger partial charge in [-0.15, -0.1) is 0 Å². The van der Waals surface area contributed by atoms with E-state index >= 15 is 0 Å². The molecule has 6 heteroatoms. The molecule has 1 N–H and O–H groups in total. The van der Waals surface area contributed by atoms with E-state index in [-0.39, 0.29) is 24.5 Å². The average molecular weight is 422 g/mol. The number of rotatable bonds is 7. The fourth-order valence-electron chi connectivity index (χ4n) is 4.69. The van der Waals surface area contributed by atoms with Crippen LogP contribution in [0.4, 0.5) is 5.69 Å². The maximum Gasteiger partial charge on any atom is 0.260 e. The van der Waals surface area contributed by atoms with E-state index in [0.29, 0.717) is 37.8 Å². The van der Waals surface area contributed by atoms with Gasteiger partial charge in [-0.05, 0) is 43.0 Å². The lowest BCUT2D eigenvalue weighted by atomic mass is 9.95. The highest BCUT2D eigenvalue weighted by Crippen LogP contribution is 2.31. The first-order chi connectivity index (χ1) is 15.2. The second-order valence-electron chi connectivity index (χ2n) is 8.36. The van der Waals surface area contributed by atoms with Gasteiger partial charge in [0.2, 0.25) is 5.91 Å². The molecule has 164 valence electrons. The molecule has 2 amide bonds. The van der Waals surface area contributed by atoms with Crippen LogP contribution >= 0.6 is 0 Å². The van der Waals surface area contributed by atoms with Crippen LogP contribution in [0, 0.1) is 5.92 Å². The molecule has 0 aromatic heterocycles. The molecule has 0 bridgehead atoms. The van der Waals surface area contributed by atoms with Crippen LogP contribution in [0.1, 0.15) is 25.7 Å². The van der Waals surface area contributed by atoms with E-state index in [2.05, 4.69) is 10.2 Å². The molecule has 0 unspecified atom stereocenters. The maximum absolute atomic E-state index is 13.2. The number of hydrogen-bond acceptors (Lipinski definition) is 4. The zero-order valence-electron chi connectivity index (χ0n) is 17.9. The number of anilines is 1. The van der Waals surface area contributed by atoms with Crippen LogP contribution in [-0.4, -0.2) is 60.4 Å². The van der Waals surface area contributed by atoms with Gasteiger partial charge in [0.15, 0.2) is 6.61 Å². The smallest absolute Gasteiger partial charge is 0.260 e. The Kier molecular flexibility index (Phi) is 7.20. The Hall–Kier alpha value is -2.86.